The van der Waals surface area contributed by atoms with Crippen LogP contribution in [-0.2, 0) is 9.59 Å². The fraction of sp³-hybridized carbons (Fsp3) is 0.286. The molecule has 0 spiro atoms. The second kappa shape index (κ2) is 10.2. The van der Waals surface area contributed by atoms with Gasteiger partial charge in [-0.2, -0.15) is 0 Å². The number of ketones is 1. The SMILES string of the molecule is CC(C)c1cccc(C(C)C)c1NC(=O)CC(=O)C(c1ccccc1)c1ccccc1. The first-order chi connectivity index (χ1) is 14.9. The number of benzene rings is 3. The van der Waals surface area contributed by atoms with Crippen LogP contribution >= 0.6 is 0 Å². The predicted octanol–water partition coefficient (Wildman–Crippen LogP) is 6.66. The number of anilines is 1. The number of nitrogens with one attached hydrogen (secondary N) is 1. The topological polar surface area (TPSA) is 46.2 Å². The van der Waals surface area contributed by atoms with Gasteiger partial charge in [-0.05, 0) is 34.1 Å². The van der Waals surface area contributed by atoms with Gasteiger partial charge in [-0.1, -0.05) is 107 Å². The Morgan fingerprint density at radius 2 is 1.13 bits per heavy atom. The molecule has 0 bridgehead atoms. The number of hydrogen-bond acceptors (Lipinski definition) is 2. The van der Waals surface area contributed by atoms with Crippen LogP contribution < -0.4 is 5.32 Å². The Morgan fingerprint density at radius 3 is 1.55 bits per heavy atom. The summed E-state index contributed by atoms with van der Waals surface area (Å²) in [6.07, 6.45) is -0.168. The zero-order chi connectivity index (χ0) is 22.4. The van der Waals surface area contributed by atoms with Gasteiger partial charge in [0.1, 0.15) is 0 Å². The summed E-state index contributed by atoms with van der Waals surface area (Å²) in [4.78, 5) is 26.3. The maximum atomic E-state index is 13.3. The molecule has 0 saturated carbocycles. The van der Waals surface area contributed by atoms with Gasteiger partial charge in [0.25, 0.3) is 0 Å². The Morgan fingerprint density at radius 1 is 0.677 bits per heavy atom. The van der Waals surface area contributed by atoms with Gasteiger partial charge >= 0.3 is 0 Å². The van der Waals surface area contributed by atoms with Gasteiger partial charge in [0.2, 0.25) is 5.91 Å². The average Bonchev–Trinajstić information content (AvgIpc) is 2.75. The highest BCUT2D eigenvalue weighted by atomic mass is 16.2. The van der Waals surface area contributed by atoms with E-state index < -0.39 is 5.92 Å². The van der Waals surface area contributed by atoms with Crippen LogP contribution in [0.15, 0.2) is 78.9 Å². The highest BCUT2D eigenvalue weighted by Crippen LogP contribution is 2.33. The van der Waals surface area contributed by atoms with E-state index in [9.17, 15) is 9.59 Å². The first-order valence-electron chi connectivity index (χ1n) is 10.9. The number of rotatable bonds is 8. The van der Waals surface area contributed by atoms with Gasteiger partial charge in [-0.3, -0.25) is 9.59 Å². The fourth-order valence-electron chi connectivity index (χ4n) is 3.99. The number of Topliss-reactive ketones (excluding diaryl/α,β-unsaturated/α-hetero) is 1. The summed E-state index contributed by atoms with van der Waals surface area (Å²) < 4.78 is 0. The Bertz CT molecular complexity index is 958. The van der Waals surface area contributed by atoms with Crippen molar-refractivity contribution in [2.24, 2.45) is 0 Å². The van der Waals surface area contributed by atoms with Gasteiger partial charge in [-0.15, -0.1) is 0 Å². The summed E-state index contributed by atoms with van der Waals surface area (Å²) in [6.45, 7) is 8.45. The summed E-state index contributed by atoms with van der Waals surface area (Å²) in [7, 11) is 0. The first kappa shape index (κ1) is 22.5. The second-order valence-electron chi connectivity index (χ2n) is 8.57. The summed E-state index contributed by atoms with van der Waals surface area (Å²) in [6, 6.07) is 25.4. The molecular weight excluding hydrogens is 382 g/mol. The van der Waals surface area contributed by atoms with E-state index >= 15 is 0 Å². The largest absolute Gasteiger partial charge is 0.325 e. The van der Waals surface area contributed by atoms with Crippen molar-refractivity contribution in [3.63, 3.8) is 0 Å². The van der Waals surface area contributed by atoms with Crippen LogP contribution in [0.3, 0.4) is 0 Å². The number of amides is 1. The summed E-state index contributed by atoms with van der Waals surface area (Å²) in [5.74, 6) is -0.296. The highest BCUT2D eigenvalue weighted by molar-refractivity contribution is 6.08. The maximum Gasteiger partial charge on any atom is 0.231 e. The zero-order valence-corrected chi connectivity index (χ0v) is 18.8. The number of carbonyl (C=O) groups is 2. The van der Waals surface area contributed by atoms with Crippen molar-refractivity contribution in [3.8, 4) is 0 Å². The molecule has 0 aliphatic heterocycles. The minimum Gasteiger partial charge on any atom is -0.325 e. The standard InChI is InChI=1S/C28H31NO2/c1-19(2)23-16-11-17-24(20(3)4)28(23)29-26(31)18-25(30)27(21-12-7-5-8-13-21)22-14-9-6-10-15-22/h5-17,19-20,27H,18H2,1-4H3,(H,29,31). The van der Waals surface area contributed by atoms with Gasteiger partial charge < -0.3 is 5.32 Å². The lowest BCUT2D eigenvalue weighted by molar-refractivity contribution is -0.125. The minimum atomic E-state index is -0.460. The van der Waals surface area contributed by atoms with Crippen LogP contribution in [0.1, 0.15) is 74.1 Å². The molecule has 0 saturated heterocycles. The summed E-state index contributed by atoms with van der Waals surface area (Å²) in [5, 5.41) is 3.07. The molecular formula is C28H31NO2. The van der Waals surface area contributed by atoms with Crippen molar-refractivity contribution in [2.75, 3.05) is 5.32 Å². The van der Waals surface area contributed by atoms with Crippen molar-refractivity contribution in [2.45, 2.75) is 51.9 Å². The van der Waals surface area contributed by atoms with E-state index in [0.717, 1.165) is 27.9 Å². The first-order valence-corrected chi connectivity index (χ1v) is 10.9. The van der Waals surface area contributed by atoms with Gasteiger partial charge in [0, 0.05) is 5.69 Å². The van der Waals surface area contributed by atoms with E-state index in [1.807, 2.05) is 78.9 Å². The minimum absolute atomic E-state index is 0.108. The van der Waals surface area contributed by atoms with Crippen molar-refractivity contribution < 1.29 is 9.59 Å². The molecule has 3 aromatic carbocycles. The van der Waals surface area contributed by atoms with Crippen LogP contribution in [0.25, 0.3) is 0 Å². The number of carbonyl (C=O) groups excluding carboxylic acids is 2. The van der Waals surface area contributed by atoms with Crippen LogP contribution in [0, 0.1) is 0 Å². The monoisotopic (exact) mass is 413 g/mol. The second-order valence-corrected chi connectivity index (χ2v) is 8.57. The van der Waals surface area contributed by atoms with E-state index in [0.29, 0.717) is 0 Å². The van der Waals surface area contributed by atoms with Gasteiger partial charge in [-0.25, -0.2) is 0 Å². The Hall–Kier alpha value is -3.20. The Kier molecular flexibility index (Phi) is 7.41. The molecule has 1 N–H and O–H groups in total. The molecule has 0 fully saturated rings. The lowest BCUT2D eigenvalue weighted by Gasteiger charge is -2.21. The quantitative estimate of drug-likeness (QED) is 0.420. The van der Waals surface area contributed by atoms with E-state index in [4.69, 9.17) is 0 Å². The molecule has 0 aliphatic carbocycles. The van der Waals surface area contributed by atoms with Crippen molar-refractivity contribution in [3.05, 3.63) is 101 Å². The molecule has 0 aliphatic rings. The molecule has 0 unspecified atom stereocenters. The third-order valence-electron chi connectivity index (χ3n) is 5.56. The Labute approximate surface area is 185 Å². The van der Waals surface area contributed by atoms with Crippen molar-refractivity contribution >= 4 is 17.4 Å². The molecule has 0 heterocycles. The van der Waals surface area contributed by atoms with Crippen LogP contribution in [0.5, 0.6) is 0 Å². The normalized spacial score (nSPS) is 11.2. The third kappa shape index (κ3) is 5.49. The van der Waals surface area contributed by atoms with Crippen LogP contribution in [0.2, 0.25) is 0 Å². The molecule has 0 atom stereocenters. The molecule has 1 amide bonds. The lowest BCUT2D eigenvalue weighted by Crippen LogP contribution is -2.23. The molecule has 160 valence electrons. The zero-order valence-electron chi connectivity index (χ0n) is 18.8. The molecule has 3 rings (SSSR count). The highest BCUT2D eigenvalue weighted by Gasteiger charge is 2.25. The summed E-state index contributed by atoms with van der Waals surface area (Å²) >= 11 is 0. The molecule has 3 aromatic rings. The van der Waals surface area contributed by atoms with Crippen LogP contribution in [0.4, 0.5) is 5.69 Å². The molecule has 0 aromatic heterocycles. The predicted molar refractivity (Wildman–Crippen MR) is 128 cm³/mol. The van der Waals surface area contributed by atoms with Gasteiger partial charge in [0.15, 0.2) is 5.78 Å². The van der Waals surface area contributed by atoms with E-state index in [1.165, 1.54) is 0 Å². The maximum absolute atomic E-state index is 13.3. The van der Waals surface area contributed by atoms with Crippen LogP contribution in [-0.4, -0.2) is 11.7 Å². The Balaban J connectivity index is 1.87. The van der Waals surface area contributed by atoms with E-state index in [2.05, 4.69) is 33.0 Å². The van der Waals surface area contributed by atoms with Gasteiger partial charge in [0.05, 0.1) is 12.3 Å². The number of para-hydroxylation sites is 1. The fourth-order valence-corrected chi connectivity index (χ4v) is 3.99. The molecule has 3 nitrogen and oxygen atoms in total. The van der Waals surface area contributed by atoms with Crippen molar-refractivity contribution in [1.29, 1.82) is 0 Å². The summed E-state index contributed by atoms with van der Waals surface area (Å²) in [5.41, 5.74) is 4.83. The molecule has 31 heavy (non-hydrogen) atoms. The average molecular weight is 414 g/mol. The smallest absolute Gasteiger partial charge is 0.231 e. The van der Waals surface area contributed by atoms with E-state index in [-0.39, 0.29) is 29.9 Å². The van der Waals surface area contributed by atoms with Crippen molar-refractivity contribution in [1.82, 2.24) is 0 Å². The number of hydrogen-bond donors (Lipinski definition) is 1. The van der Waals surface area contributed by atoms with E-state index in [1.54, 1.807) is 0 Å². The third-order valence-corrected chi connectivity index (χ3v) is 5.56. The molecule has 3 heteroatoms. The lowest BCUT2D eigenvalue weighted by atomic mass is 9.86. The molecule has 0 radical (unpaired) electrons.